The minimum absolute atomic E-state index is 0.0498. The highest BCUT2D eigenvalue weighted by atomic mass is 16.5. The molecule has 1 aromatic rings. The van der Waals surface area contributed by atoms with Crippen LogP contribution in [-0.4, -0.2) is 66.7 Å². The van der Waals surface area contributed by atoms with E-state index < -0.39 is 0 Å². The number of hydrogen-bond donors (Lipinski definition) is 1. The van der Waals surface area contributed by atoms with Crippen molar-refractivity contribution in [2.75, 3.05) is 39.4 Å². The van der Waals surface area contributed by atoms with Gasteiger partial charge >= 0.3 is 0 Å². The van der Waals surface area contributed by atoms with Gasteiger partial charge in [0.25, 0.3) is 0 Å². The van der Waals surface area contributed by atoms with Crippen molar-refractivity contribution in [3.05, 3.63) is 35.9 Å². The van der Waals surface area contributed by atoms with Gasteiger partial charge in [0.15, 0.2) is 0 Å². The molecule has 3 rings (SSSR count). The number of amides is 1. The summed E-state index contributed by atoms with van der Waals surface area (Å²) in [5, 5.41) is 3.19. The lowest BCUT2D eigenvalue weighted by Crippen LogP contribution is -2.56. The molecule has 1 N–H and O–H groups in total. The summed E-state index contributed by atoms with van der Waals surface area (Å²) in [6.45, 7) is 12.1. The number of morpholine rings is 1. The lowest BCUT2D eigenvalue weighted by molar-refractivity contribution is -0.123. The molecule has 1 aliphatic carbocycles. The zero-order valence-electron chi connectivity index (χ0n) is 17.1. The standard InChI is InChI=1S/C22H35N3O2/c1-18(20-9-10-20)24(15-19-7-5-4-6-8-19)16-21(26)23-17-22(2,3)25-11-13-27-14-12-25/h4-8,18,20H,9-17H2,1-3H3,(H,23,26). The second-order valence-electron chi connectivity index (χ2n) is 8.66. The fraction of sp³-hybridized carbons (Fsp3) is 0.682. The molecule has 0 radical (unpaired) electrons. The first kappa shape index (κ1) is 20.3. The maximum absolute atomic E-state index is 12.7. The van der Waals surface area contributed by atoms with E-state index in [4.69, 9.17) is 4.74 Å². The van der Waals surface area contributed by atoms with Crippen LogP contribution in [0.4, 0.5) is 0 Å². The quantitative estimate of drug-likeness (QED) is 0.722. The van der Waals surface area contributed by atoms with Crippen LogP contribution >= 0.6 is 0 Å². The number of rotatable bonds is 9. The molecule has 5 heteroatoms. The summed E-state index contributed by atoms with van der Waals surface area (Å²) in [7, 11) is 0. The molecule has 1 atom stereocenters. The zero-order chi connectivity index (χ0) is 19.3. The largest absolute Gasteiger partial charge is 0.379 e. The smallest absolute Gasteiger partial charge is 0.234 e. The third kappa shape index (κ3) is 6.03. The van der Waals surface area contributed by atoms with Crippen LogP contribution in [0.1, 0.15) is 39.2 Å². The Labute approximate surface area is 164 Å². The van der Waals surface area contributed by atoms with Crippen LogP contribution in [0.15, 0.2) is 30.3 Å². The van der Waals surface area contributed by atoms with E-state index in [2.05, 4.69) is 60.2 Å². The lowest BCUT2D eigenvalue weighted by Gasteiger charge is -2.41. The van der Waals surface area contributed by atoms with Gasteiger partial charge in [-0.25, -0.2) is 0 Å². The number of nitrogens with one attached hydrogen (secondary N) is 1. The Morgan fingerprint density at radius 3 is 2.56 bits per heavy atom. The van der Waals surface area contributed by atoms with Gasteiger partial charge in [-0.1, -0.05) is 30.3 Å². The van der Waals surface area contributed by atoms with E-state index in [1.54, 1.807) is 0 Å². The summed E-state index contributed by atoms with van der Waals surface area (Å²) in [6, 6.07) is 10.9. The minimum atomic E-state index is -0.0498. The zero-order valence-corrected chi connectivity index (χ0v) is 17.1. The van der Waals surface area contributed by atoms with Crippen molar-refractivity contribution in [2.24, 2.45) is 5.92 Å². The molecule has 5 nitrogen and oxygen atoms in total. The van der Waals surface area contributed by atoms with Gasteiger partial charge in [-0.2, -0.15) is 0 Å². The molecule has 1 aliphatic heterocycles. The molecule has 0 bridgehead atoms. The first-order valence-corrected chi connectivity index (χ1v) is 10.3. The normalized spacial score (nSPS) is 19.9. The molecule has 150 valence electrons. The van der Waals surface area contributed by atoms with Gasteiger partial charge in [0.1, 0.15) is 0 Å². The number of carbonyl (C=O) groups excluding carboxylic acids is 1. The van der Waals surface area contributed by atoms with Crippen LogP contribution in [-0.2, 0) is 16.1 Å². The highest BCUT2D eigenvalue weighted by Gasteiger charge is 2.33. The van der Waals surface area contributed by atoms with Crippen molar-refractivity contribution in [2.45, 2.75) is 51.7 Å². The van der Waals surface area contributed by atoms with Gasteiger partial charge in [0.2, 0.25) is 5.91 Å². The molecule has 2 aliphatic rings. The molecular formula is C22H35N3O2. The van der Waals surface area contributed by atoms with E-state index in [1.165, 1.54) is 18.4 Å². The Bertz CT molecular complexity index is 595. The predicted molar refractivity (Wildman–Crippen MR) is 109 cm³/mol. The van der Waals surface area contributed by atoms with Crippen LogP contribution in [0.5, 0.6) is 0 Å². The van der Waals surface area contributed by atoms with Gasteiger partial charge in [-0.3, -0.25) is 14.6 Å². The van der Waals surface area contributed by atoms with E-state index >= 15 is 0 Å². The molecule has 1 saturated carbocycles. The number of ether oxygens (including phenoxy) is 1. The third-order valence-corrected chi connectivity index (χ3v) is 6.04. The molecule has 2 fully saturated rings. The first-order valence-electron chi connectivity index (χ1n) is 10.3. The van der Waals surface area contributed by atoms with Crippen molar-refractivity contribution in [1.82, 2.24) is 15.1 Å². The maximum Gasteiger partial charge on any atom is 0.234 e. The average molecular weight is 374 g/mol. The van der Waals surface area contributed by atoms with Crippen molar-refractivity contribution in [1.29, 1.82) is 0 Å². The Kier molecular flexibility index (Phi) is 6.90. The SMILES string of the molecule is CC(C1CC1)N(CC(=O)NCC(C)(C)N1CCOCC1)Cc1ccccc1. The molecule has 1 heterocycles. The summed E-state index contributed by atoms with van der Waals surface area (Å²) < 4.78 is 5.45. The Morgan fingerprint density at radius 2 is 1.93 bits per heavy atom. The summed E-state index contributed by atoms with van der Waals surface area (Å²) in [6.07, 6.45) is 2.58. The molecule has 1 unspecified atom stereocenters. The van der Waals surface area contributed by atoms with Crippen molar-refractivity contribution in [3.63, 3.8) is 0 Å². The van der Waals surface area contributed by atoms with Crippen LogP contribution in [0.3, 0.4) is 0 Å². The second kappa shape index (κ2) is 9.18. The molecule has 27 heavy (non-hydrogen) atoms. The number of hydrogen-bond acceptors (Lipinski definition) is 4. The Balaban J connectivity index is 1.53. The topological polar surface area (TPSA) is 44.8 Å². The monoisotopic (exact) mass is 373 g/mol. The molecule has 0 spiro atoms. The van der Waals surface area contributed by atoms with Crippen LogP contribution < -0.4 is 5.32 Å². The van der Waals surface area contributed by atoms with Gasteiger partial charge in [0.05, 0.1) is 19.8 Å². The van der Waals surface area contributed by atoms with Gasteiger partial charge < -0.3 is 10.1 Å². The fourth-order valence-corrected chi connectivity index (χ4v) is 3.87. The van der Waals surface area contributed by atoms with E-state index in [-0.39, 0.29) is 11.4 Å². The number of benzene rings is 1. The summed E-state index contributed by atoms with van der Waals surface area (Å²) in [4.78, 5) is 17.5. The first-order chi connectivity index (χ1) is 13.0. The number of nitrogens with zero attached hydrogens (tertiary/aromatic N) is 2. The Hall–Kier alpha value is -1.43. The highest BCUT2D eigenvalue weighted by Crippen LogP contribution is 2.35. The number of carbonyl (C=O) groups is 1. The van der Waals surface area contributed by atoms with Gasteiger partial charge in [-0.15, -0.1) is 0 Å². The molecule has 0 aromatic heterocycles. The molecule has 1 amide bonds. The van der Waals surface area contributed by atoms with E-state index in [0.29, 0.717) is 19.1 Å². The van der Waals surface area contributed by atoms with Crippen molar-refractivity contribution in [3.8, 4) is 0 Å². The van der Waals surface area contributed by atoms with E-state index in [9.17, 15) is 4.79 Å². The molecular weight excluding hydrogens is 338 g/mol. The van der Waals surface area contributed by atoms with Crippen molar-refractivity contribution < 1.29 is 9.53 Å². The molecule has 1 saturated heterocycles. The summed E-state index contributed by atoms with van der Waals surface area (Å²) in [5.74, 6) is 0.867. The Morgan fingerprint density at radius 1 is 1.26 bits per heavy atom. The highest BCUT2D eigenvalue weighted by molar-refractivity contribution is 5.78. The van der Waals surface area contributed by atoms with Crippen LogP contribution in [0, 0.1) is 5.92 Å². The van der Waals surface area contributed by atoms with Gasteiger partial charge in [-0.05, 0) is 45.1 Å². The average Bonchev–Trinajstić information content (AvgIpc) is 3.52. The summed E-state index contributed by atoms with van der Waals surface area (Å²) in [5.41, 5.74) is 1.22. The second-order valence-corrected chi connectivity index (χ2v) is 8.66. The van der Waals surface area contributed by atoms with Crippen LogP contribution in [0.2, 0.25) is 0 Å². The van der Waals surface area contributed by atoms with Gasteiger partial charge in [0, 0.05) is 37.8 Å². The maximum atomic E-state index is 12.7. The molecule has 1 aromatic carbocycles. The third-order valence-electron chi connectivity index (χ3n) is 6.04. The predicted octanol–water partition coefficient (Wildman–Crippen LogP) is 2.51. The van der Waals surface area contributed by atoms with Crippen LogP contribution in [0.25, 0.3) is 0 Å². The van der Waals surface area contributed by atoms with Crippen molar-refractivity contribution >= 4 is 5.91 Å². The summed E-state index contributed by atoms with van der Waals surface area (Å²) >= 11 is 0. The fourth-order valence-electron chi connectivity index (χ4n) is 3.87. The van der Waals surface area contributed by atoms with E-state index in [1.807, 2.05) is 6.07 Å². The lowest BCUT2D eigenvalue weighted by atomic mass is 10.0. The van der Waals surface area contributed by atoms with E-state index in [0.717, 1.165) is 38.8 Å². The minimum Gasteiger partial charge on any atom is -0.379 e.